The molecule has 0 fully saturated rings. The Kier molecular flexibility index (Phi) is 3.28. The van der Waals surface area contributed by atoms with Gasteiger partial charge < -0.3 is 0 Å². The average Bonchev–Trinajstić information content (AvgIpc) is 2.14. The first-order valence-corrected chi connectivity index (χ1v) is 3.96. The zero-order chi connectivity index (χ0) is 10.6. The summed E-state index contributed by atoms with van der Waals surface area (Å²) in [6.07, 6.45) is 0. The van der Waals surface area contributed by atoms with Gasteiger partial charge in [0.25, 0.3) is 5.69 Å². The van der Waals surface area contributed by atoms with Gasteiger partial charge >= 0.3 is 0 Å². The van der Waals surface area contributed by atoms with Crippen molar-refractivity contribution in [3.05, 3.63) is 49.3 Å². The van der Waals surface area contributed by atoms with Crippen LogP contribution in [-0.4, -0.2) is 4.92 Å². The topological polar surface area (TPSA) is 91.9 Å². The van der Waals surface area contributed by atoms with Crippen LogP contribution in [0.4, 0.5) is 5.69 Å². The predicted molar refractivity (Wildman–Crippen MR) is 51.0 cm³/mol. The van der Waals surface area contributed by atoms with Crippen molar-refractivity contribution in [2.75, 3.05) is 0 Å². The van der Waals surface area contributed by atoms with Crippen molar-refractivity contribution < 1.29 is 4.92 Å². The van der Waals surface area contributed by atoms with Gasteiger partial charge in [0.1, 0.15) is 5.02 Å². The highest BCUT2D eigenvalue weighted by Gasteiger charge is 2.11. The minimum absolute atomic E-state index is 0.0423. The Labute approximate surface area is 83.9 Å². The molecule has 0 saturated heterocycles. The molecule has 1 rings (SSSR count). The zero-order valence-electron chi connectivity index (χ0n) is 6.92. The van der Waals surface area contributed by atoms with Gasteiger partial charge in [0.15, 0.2) is 0 Å². The standard InChI is InChI=1S/C7H5ClN4O2/c8-6-3-5(4-10-11-9)1-2-7(6)12(13)14/h1-3H,4H2. The highest BCUT2D eigenvalue weighted by atomic mass is 35.5. The molecule has 0 N–H and O–H groups in total. The van der Waals surface area contributed by atoms with Crippen molar-refractivity contribution in [3.63, 3.8) is 0 Å². The molecule has 6 nitrogen and oxygen atoms in total. The van der Waals surface area contributed by atoms with Crippen LogP contribution in [0, 0.1) is 10.1 Å². The van der Waals surface area contributed by atoms with Gasteiger partial charge in [-0.15, -0.1) is 0 Å². The second-order valence-electron chi connectivity index (χ2n) is 2.43. The first-order chi connectivity index (χ1) is 6.65. The van der Waals surface area contributed by atoms with Crippen molar-refractivity contribution in [1.29, 1.82) is 0 Å². The lowest BCUT2D eigenvalue weighted by Crippen LogP contribution is -1.90. The molecule has 0 aromatic heterocycles. The van der Waals surface area contributed by atoms with Gasteiger partial charge in [-0.3, -0.25) is 10.1 Å². The molecule has 0 heterocycles. The number of hydrogen-bond donors (Lipinski definition) is 0. The molecule has 0 bridgehead atoms. The number of azide groups is 1. The lowest BCUT2D eigenvalue weighted by atomic mass is 10.2. The van der Waals surface area contributed by atoms with Crippen LogP contribution in [0.15, 0.2) is 23.3 Å². The fraction of sp³-hybridized carbons (Fsp3) is 0.143. The van der Waals surface area contributed by atoms with Gasteiger partial charge in [0.05, 0.1) is 11.5 Å². The monoisotopic (exact) mass is 212 g/mol. The number of nitro benzene ring substituents is 1. The van der Waals surface area contributed by atoms with Crippen LogP contribution in [0.25, 0.3) is 10.4 Å². The van der Waals surface area contributed by atoms with Crippen LogP contribution >= 0.6 is 11.6 Å². The maximum absolute atomic E-state index is 10.4. The Morgan fingerprint density at radius 2 is 2.36 bits per heavy atom. The smallest absolute Gasteiger partial charge is 0.258 e. The predicted octanol–water partition coefficient (Wildman–Crippen LogP) is 3.06. The molecule has 0 spiro atoms. The molecule has 0 saturated carbocycles. The van der Waals surface area contributed by atoms with Gasteiger partial charge in [-0.05, 0) is 17.2 Å². The summed E-state index contributed by atoms with van der Waals surface area (Å²) in [6, 6.07) is 4.19. The number of nitrogens with zero attached hydrogens (tertiary/aromatic N) is 4. The SMILES string of the molecule is [N-]=[N+]=NCc1ccc([N+](=O)[O-])c(Cl)c1. The summed E-state index contributed by atoms with van der Waals surface area (Å²) in [4.78, 5) is 12.4. The van der Waals surface area contributed by atoms with E-state index in [9.17, 15) is 10.1 Å². The molecule has 7 heteroatoms. The fourth-order valence-electron chi connectivity index (χ4n) is 0.910. The van der Waals surface area contributed by atoms with Crippen molar-refractivity contribution >= 4 is 17.3 Å². The van der Waals surface area contributed by atoms with E-state index in [4.69, 9.17) is 17.1 Å². The summed E-state index contributed by atoms with van der Waals surface area (Å²) in [7, 11) is 0. The summed E-state index contributed by atoms with van der Waals surface area (Å²) in [5, 5.41) is 13.7. The van der Waals surface area contributed by atoms with E-state index >= 15 is 0 Å². The Balaban J connectivity index is 3.00. The summed E-state index contributed by atoms with van der Waals surface area (Å²) in [6.45, 7) is 0.133. The first kappa shape index (κ1) is 10.3. The van der Waals surface area contributed by atoms with E-state index < -0.39 is 4.92 Å². The molecule has 72 valence electrons. The molecule has 0 aliphatic carbocycles. The number of hydrogen-bond acceptors (Lipinski definition) is 3. The first-order valence-electron chi connectivity index (χ1n) is 3.59. The van der Waals surface area contributed by atoms with Crippen molar-refractivity contribution in [2.24, 2.45) is 5.11 Å². The van der Waals surface area contributed by atoms with E-state index in [0.717, 1.165) is 0 Å². The van der Waals surface area contributed by atoms with Crippen LogP contribution < -0.4 is 0 Å². The van der Waals surface area contributed by atoms with Crippen LogP contribution in [0.3, 0.4) is 0 Å². The number of rotatable bonds is 3. The van der Waals surface area contributed by atoms with Gasteiger partial charge in [0.2, 0.25) is 0 Å². The van der Waals surface area contributed by atoms with Gasteiger partial charge in [0, 0.05) is 11.0 Å². The largest absolute Gasteiger partial charge is 0.287 e. The Bertz CT molecular complexity index is 414. The molecule has 14 heavy (non-hydrogen) atoms. The van der Waals surface area contributed by atoms with Gasteiger partial charge in [-0.1, -0.05) is 22.8 Å². The van der Waals surface area contributed by atoms with Crippen LogP contribution in [0.5, 0.6) is 0 Å². The number of benzene rings is 1. The summed E-state index contributed by atoms with van der Waals surface area (Å²) in [5.74, 6) is 0. The van der Waals surface area contributed by atoms with Crippen LogP contribution in [0.2, 0.25) is 5.02 Å². The highest BCUT2D eigenvalue weighted by Crippen LogP contribution is 2.25. The van der Waals surface area contributed by atoms with Crippen molar-refractivity contribution in [1.82, 2.24) is 0 Å². The average molecular weight is 213 g/mol. The maximum atomic E-state index is 10.4. The van der Waals surface area contributed by atoms with E-state index in [1.54, 1.807) is 0 Å². The summed E-state index contributed by atoms with van der Waals surface area (Å²) >= 11 is 5.63. The summed E-state index contributed by atoms with van der Waals surface area (Å²) < 4.78 is 0. The summed E-state index contributed by atoms with van der Waals surface area (Å²) in [5.41, 5.74) is 8.54. The minimum atomic E-state index is -0.570. The van der Waals surface area contributed by atoms with E-state index in [1.807, 2.05) is 0 Å². The zero-order valence-corrected chi connectivity index (χ0v) is 7.68. The molecule has 0 atom stereocenters. The number of nitro groups is 1. The fourth-order valence-corrected chi connectivity index (χ4v) is 1.18. The van der Waals surface area contributed by atoms with E-state index in [0.29, 0.717) is 5.56 Å². The molecule has 0 amide bonds. The molecule has 0 aliphatic rings. The third-order valence-electron chi connectivity index (χ3n) is 1.53. The third-order valence-corrected chi connectivity index (χ3v) is 1.83. The third kappa shape index (κ3) is 2.35. The molecule has 1 aromatic rings. The highest BCUT2D eigenvalue weighted by molar-refractivity contribution is 6.32. The lowest BCUT2D eigenvalue weighted by molar-refractivity contribution is -0.384. The van der Waals surface area contributed by atoms with Crippen molar-refractivity contribution in [3.8, 4) is 0 Å². The normalized spacial score (nSPS) is 9.21. The van der Waals surface area contributed by atoms with Crippen LogP contribution in [0.1, 0.15) is 5.56 Å². The Morgan fingerprint density at radius 3 is 2.86 bits per heavy atom. The Morgan fingerprint density at radius 1 is 1.64 bits per heavy atom. The molecular formula is C7H5ClN4O2. The molecular weight excluding hydrogens is 208 g/mol. The van der Waals surface area contributed by atoms with Crippen molar-refractivity contribution in [2.45, 2.75) is 6.54 Å². The Hall–Kier alpha value is -1.78. The number of halogens is 1. The molecule has 1 aromatic carbocycles. The van der Waals surface area contributed by atoms with E-state index in [-0.39, 0.29) is 17.3 Å². The van der Waals surface area contributed by atoms with E-state index in [1.165, 1.54) is 18.2 Å². The maximum Gasteiger partial charge on any atom is 0.287 e. The molecule has 0 radical (unpaired) electrons. The van der Waals surface area contributed by atoms with Gasteiger partial charge in [-0.2, -0.15) is 0 Å². The van der Waals surface area contributed by atoms with Crippen LogP contribution in [-0.2, 0) is 6.54 Å². The van der Waals surface area contributed by atoms with E-state index in [2.05, 4.69) is 10.0 Å². The second-order valence-corrected chi connectivity index (χ2v) is 2.84. The second kappa shape index (κ2) is 4.45. The van der Waals surface area contributed by atoms with Gasteiger partial charge in [-0.25, -0.2) is 0 Å². The lowest BCUT2D eigenvalue weighted by Gasteiger charge is -1.97. The minimum Gasteiger partial charge on any atom is -0.258 e. The molecule has 0 aliphatic heterocycles. The quantitative estimate of drug-likeness (QED) is 0.253. The molecule has 0 unspecified atom stereocenters.